The largest absolute Gasteiger partial charge is 0.454 e. The molecule has 2 aliphatic heterocycles. The van der Waals surface area contributed by atoms with Crippen molar-refractivity contribution in [3.05, 3.63) is 78.5 Å². The second-order valence-corrected chi connectivity index (χ2v) is 12.8. The van der Waals surface area contributed by atoms with Crippen LogP contribution < -0.4 is 19.7 Å². The first-order valence-corrected chi connectivity index (χ1v) is 15.9. The summed E-state index contributed by atoms with van der Waals surface area (Å²) in [6.45, 7) is 3.69. The number of cyclic esters (lactones) is 1. The Morgan fingerprint density at radius 2 is 1.84 bits per heavy atom. The van der Waals surface area contributed by atoms with Crippen LogP contribution in [0.2, 0.25) is 0 Å². The molecule has 2 N–H and O–H groups in total. The van der Waals surface area contributed by atoms with Gasteiger partial charge in [-0.1, -0.05) is 56.7 Å². The topological polar surface area (TPSA) is 148 Å². The number of pyridine rings is 1. The Morgan fingerprint density at radius 1 is 1.09 bits per heavy atom. The second kappa shape index (κ2) is 13.6. The first-order chi connectivity index (χ1) is 21.2. The maximum absolute atomic E-state index is 13.9. The van der Waals surface area contributed by atoms with E-state index in [1.165, 1.54) is 27.5 Å². The highest BCUT2D eigenvalue weighted by Crippen LogP contribution is 2.35. The molecule has 0 saturated carbocycles. The number of nitrogens with one attached hydrogen (secondary N) is 1. The quantitative estimate of drug-likeness (QED) is 0.293. The molecule has 0 spiro atoms. The van der Waals surface area contributed by atoms with Gasteiger partial charge >= 0.3 is 6.09 Å². The van der Waals surface area contributed by atoms with Crippen molar-refractivity contribution in [2.24, 2.45) is 5.92 Å². The molecule has 0 bridgehead atoms. The van der Waals surface area contributed by atoms with Crippen LogP contribution in [0.4, 0.5) is 10.6 Å². The van der Waals surface area contributed by atoms with Crippen molar-refractivity contribution >= 4 is 27.8 Å². The van der Waals surface area contributed by atoms with Gasteiger partial charge in [0.2, 0.25) is 16.8 Å². The zero-order valence-corrected chi connectivity index (χ0v) is 25.4. The molecule has 12 nitrogen and oxygen atoms in total. The van der Waals surface area contributed by atoms with E-state index in [0.29, 0.717) is 23.7 Å². The minimum absolute atomic E-state index is 0.00488. The fraction of sp³-hybridized carbons (Fsp3) is 0.387. The van der Waals surface area contributed by atoms with Gasteiger partial charge in [-0.05, 0) is 42.2 Å². The van der Waals surface area contributed by atoms with Crippen LogP contribution in [0.25, 0.3) is 0 Å². The minimum Gasteiger partial charge on any atom is -0.454 e. The molecule has 44 heavy (non-hydrogen) atoms. The number of aliphatic hydroxyl groups is 1. The first kappa shape index (κ1) is 31.2. The Labute approximate surface area is 256 Å². The molecule has 0 aliphatic carbocycles. The van der Waals surface area contributed by atoms with Crippen LogP contribution in [0.1, 0.15) is 25.8 Å². The van der Waals surface area contributed by atoms with E-state index < -0.39 is 40.3 Å². The lowest BCUT2D eigenvalue weighted by molar-refractivity contribution is -0.129. The molecule has 2 aromatic carbocycles. The summed E-state index contributed by atoms with van der Waals surface area (Å²) in [6.07, 6.45) is -0.712. The van der Waals surface area contributed by atoms with Crippen molar-refractivity contribution in [2.45, 2.75) is 49.8 Å². The summed E-state index contributed by atoms with van der Waals surface area (Å²) >= 11 is 0. The van der Waals surface area contributed by atoms with E-state index in [2.05, 4.69) is 10.3 Å². The molecule has 0 radical (unpaired) electrons. The van der Waals surface area contributed by atoms with Gasteiger partial charge < -0.3 is 24.6 Å². The van der Waals surface area contributed by atoms with Crippen molar-refractivity contribution in [1.29, 1.82) is 0 Å². The van der Waals surface area contributed by atoms with Crippen molar-refractivity contribution in [2.75, 3.05) is 31.3 Å². The lowest BCUT2D eigenvalue weighted by Crippen LogP contribution is -2.53. The van der Waals surface area contributed by atoms with Gasteiger partial charge in [0.15, 0.2) is 17.6 Å². The number of anilines is 1. The first-order valence-electron chi connectivity index (χ1n) is 14.5. The number of sulfonamides is 1. The normalized spacial score (nSPS) is 18.1. The van der Waals surface area contributed by atoms with Gasteiger partial charge in [-0.25, -0.2) is 18.2 Å². The number of carbonyl (C=O) groups is 2. The number of nitrogens with zero attached hydrogens (tertiary/aromatic N) is 3. The standard InChI is InChI=1S/C31H36N4O8S/c1-3-21(2)17-34(44(39,40)23-12-13-26-27(16-23)42-20-41-26)18-25(36)24(15-22-9-5-4-6-10-22)33-30(37)28-19-35(31(38)43-28)29-11-7-8-14-32-29/h4-14,16,21,24-25,28,36H,3,15,17-20H2,1-2H3,(H,33,37)/t21-,24?,25-,28?/m1/s1. The van der Waals surface area contributed by atoms with Crippen molar-refractivity contribution < 1.29 is 37.3 Å². The molecule has 13 heteroatoms. The molecule has 5 rings (SSSR count). The van der Waals surface area contributed by atoms with E-state index in [4.69, 9.17) is 14.2 Å². The number of ether oxygens (including phenoxy) is 3. The summed E-state index contributed by atoms with van der Waals surface area (Å²) in [5, 5.41) is 14.4. The number of aliphatic hydroxyl groups excluding tert-OH is 1. The van der Waals surface area contributed by atoms with Crippen LogP contribution >= 0.6 is 0 Å². The maximum atomic E-state index is 13.9. The summed E-state index contributed by atoms with van der Waals surface area (Å²) in [4.78, 5) is 31.4. The van der Waals surface area contributed by atoms with E-state index in [0.717, 1.165) is 5.56 Å². The highest BCUT2D eigenvalue weighted by molar-refractivity contribution is 7.89. The Bertz CT molecular complexity index is 1560. The van der Waals surface area contributed by atoms with Gasteiger partial charge in [-0.15, -0.1) is 0 Å². The fourth-order valence-corrected chi connectivity index (χ4v) is 6.59. The van der Waals surface area contributed by atoms with Crippen LogP contribution in [0.5, 0.6) is 11.5 Å². The van der Waals surface area contributed by atoms with Gasteiger partial charge in [0.25, 0.3) is 5.91 Å². The molecule has 1 fully saturated rings. The van der Waals surface area contributed by atoms with Crippen LogP contribution in [-0.2, 0) is 26.0 Å². The number of fused-ring (bicyclic) bond motifs is 1. The predicted molar refractivity (Wildman–Crippen MR) is 161 cm³/mol. The SMILES string of the molecule is CC[C@@H](C)CN(C[C@@H](O)C(Cc1ccccc1)NC(=O)C1CN(c2ccccn2)C(=O)O1)S(=O)(=O)c1ccc2c(c1)OCO2. The molecule has 3 aromatic rings. The number of amides is 2. The van der Waals surface area contributed by atoms with E-state index >= 15 is 0 Å². The lowest BCUT2D eigenvalue weighted by atomic mass is 10.0. The zero-order valence-electron chi connectivity index (χ0n) is 24.5. The van der Waals surface area contributed by atoms with E-state index in [-0.39, 0.29) is 43.7 Å². The smallest absolute Gasteiger partial charge is 0.416 e. The monoisotopic (exact) mass is 624 g/mol. The molecule has 1 aromatic heterocycles. The number of carbonyl (C=O) groups excluding carboxylic acids is 2. The fourth-order valence-electron chi connectivity index (χ4n) is 5.00. The highest BCUT2D eigenvalue weighted by atomic mass is 32.2. The maximum Gasteiger partial charge on any atom is 0.416 e. The average molecular weight is 625 g/mol. The molecular formula is C31H36N4O8S. The van der Waals surface area contributed by atoms with E-state index in [9.17, 15) is 23.1 Å². The van der Waals surface area contributed by atoms with E-state index in [1.54, 1.807) is 24.3 Å². The zero-order chi connectivity index (χ0) is 31.3. The van der Waals surface area contributed by atoms with Crippen LogP contribution in [0.3, 0.4) is 0 Å². The van der Waals surface area contributed by atoms with E-state index in [1.807, 2.05) is 44.2 Å². The summed E-state index contributed by atoms with van der Waals surface area (Å²) in [6, 6.07) is 17.8. The molecule has 2 amide bonds. The Hall–Kier alpha value is -4.20. The number of aromatic nitrogens is 1. The third-order valence-electron chi connectivity index (χ3n) is 7.71. The third kappa shape index (κ3) is 7.12. The number of benzene rings is 2. The Morgan fingerprint density at radius 3 is 2.57 bits per heavy atom. The molecular weight excluding hydrogens is 588 g/mol. The lowest BCUT2D eigenvalue weighted by Gasteiger charge is -2.31. The Balaban J connectivity index is 1.37. The summed E-state index contributed by atoms with van der Waals surface area (Å²) in [7, 11) is -4.08. The number of hydrogen-bond acceptors (Lipinski definition) is 9. The number of hydrogen-bond donors (Lipinski definition) is 2. The van der Waals surface area contributed by atoms with Gasteiger partial charge in [-0.2, -0.15) is 4.31 Å². The summed E-state index contributed by atoms with van der Waals surface area (Å²) in [5.74, 6) is 0.517. The second-order valence-electron chi connectivity index (χ2n) is 10.9. The molecule has 4 atom stereocenters. The molecule has 3 heterocycles. The predicted octanol–water partition coefficient (Wildman–Crippen LogP) is 2.96. The van der Waals surface area contributed by atoms with Gasteiger partial charge in [0.1, 0.15) is 5.82 Å². The van der Waals surface area contributed by atoms with Gasteiger partial charge in [0.05, 0.1) is 23.6 Å². The highest BCUT2D eigenvalue weighted by Gasteiger charge is 2.39. The van der Waals surface area contributed by atoms with Crippen molar-refractivity contribution in [3.63, 3.8) is 0 Å². The molecule has 2 unspecified atom stereocenters. The molecule has 1 saturated heterocycles. The molecule has 2 aliphatic rings. The van der Waals surface area contributed by atoms with Crippen LogP contribution in [0.15, 0.2) is 77.8 Å². The minimum atomic E-state index is -4.08. The van der Waals surface area contributed by atoms with Crippen LogP contribution in [-0.4, -0.2) is 79.5 Å². The van der Waals surface area contributed by atoms with Crippen molar-refractivity contribution in [3.8, 4) is 11.5 Å². The molecule has 234 valence electrons. The van der Waals surface area contributed by atoms with Gasteiger partial charge in [-0.3, -0.25) is 9.69 Å². The average Bonchev–Trinajstić information content (AvgIpc) is 3.67. The number of rotatable bonds is 13. The van der Waals surface area contributed by atoms with Gasteiger partial charge in [0, 0.05) is 25.4 Å². The van der Waals surface area contributed by atoms with Crippen molar-refractivity contribution in [1.82, 2.24) is 14.6 Å². The summed E-state index contributed by atoms with van der Waals surface area (Å²) in [5.41, 5.74) is 0.822. The summed E-state index contributed by atoms with van der Waals surface area (Å²) < 4.78 is 45.1. The Kier molecular flexibility index (Phi) is 9.67. The van der Waals surface area contributed by atoms with Crippen LogP contribution in [0, 0.1) is 5.92 Å². The third-order valence-corrected chi connectivity index (χ3v) is 9.53.